The number of hydrogen-bond donors (Lipinski definition) is 2. The van der Waals surface area contributed by atoms with Gasteiger partial charge in [-0.25, -0.2) is 0 Å². The van der Waals surface area contributed by atoms with E-state index in [0.717, 1.165) is 17.8 Å². The minimum absolute atomic E-state index is 0.0454. The number of nitrogens with one attached hydrogen (secondary N) is 1. The van der Waals surface area contributed by atoms with Gasteiger partial charge in [0.05, 0.1) is 6.42 Å². The second-order valence-electron chi connectivity index (χ2n) is 4.87. The number of fused-ring (bicyclic) bond motifs is 1. The summed E-state index contributed by atoms with van der Waals surface area (Å²) >= 11 is 0. The highest BCUT2D eigenvalue weighted by Gasteiger charge is 2.43. The van der Waals surface area contributed by atoms with Crippen LogP contribution in [0.1, 0.15) is 20.3 Å². The van der Waals surface area contributed by atoms with Crippen molar-refractivity contribution >= 4 is 0 Å². The number of rotatable bonds is 1. The predicted octanol–water partition coefficient (Wildman–Crippen LogP) is 0.762. The van der Waals surface area contributed by atoms with Gasteiger partial charge in [-0.2, -0.15) is 0 Å². The van der Waals surface area contributed by atoms with E-state index in [1.807, 2.05) is 6.08 Å². The van der Waals surface area contributed by atoms with Crippen molar-refractivity contribution < 1.29 is 4.92 Å². The van der Waals surface area contributed by atoms with E-state index >= 15 is 0 Å². The van der Waals surface area contributed by atoms with Gasteiger partial charge in [0.2, 0.25) is 0 Å². The minimum Gasteiger partial charge on any atom is -0.384 e. The maximum absolute atomic E-state index is 10.8. The molecule has 3 N–H and O–H groups in total. The SMILES string of the molecule is CC1(C)CNC2=CC(N)([N+](=O)[O-])CC=C21. The van der Waals surface area contributed by atoms with Crippen LogP contribution in [-0.2, 0) is 0 Å². The largest absolute Gasteiger partial charge is 0.384 e. The van der Waals surface area contributed by atoms with Crippen molar-refractivity contribution in [1.82, 2.24) is 5.32 Å². The van der Waals surface area contributed by atoms with Crippen LogP contribution in [0.25, 0.3) is 0 Å². The molecule has 2 aliphatic rings. The Balaban J connectivity index is 2.37. The number of nitrogens with two attached hydrogens (primary N) is 1. The second kappa shape index (κ2) is 2.82. The molecule has 0 aromatic rings. The monoisotopic (exact) mass is 209 g/mol. The molecule has 1 atom stereocenters. The number of nitro groups is 1. The van der Waals surface area contributed by atoms with E-state index in [0.29, 0.717) is 0 Å². The molecule has 1 unspecified atom stereocenters. The smallest absolute Gasteiger partial charge is 0.297 e. The van der Waals surface area contributed by atoms with Crippen LogP contribution < -0.4 is 11.1 Å². The normalized spacial score (nSPS) is 32.5. The van der Waals surface area contributed by atoms with Crippen LogP contribution in [0.15, 0.2) is 23.4 Å². The van der Waals surface area contributed by atoms with Crippen LogP contribution in [0.2, 0.25) is 0 Å². The minimum atomic E-state index is -1.44. The average Bonchev–Trinajstić information content (AvgIpc) is 2.41. The Hall–Kier alpha value is -1.36. The lowest BCUT2D eigenvalue weighted by molar-refractivity contribution is -0.553. The van der Waals surface area contributed by atoms with Crippen LogP contribution in [0, 0.1) is 15.5 Å². The zero-order valence-electron chi connectivity index (χ0n) is 8.91. The molecule has 0 amide bonds. The number of nitrogens with zero attached hydrogens (tertiary/aromatic N) is 1. The Bertz CT molecular complexity index is 384. The molecule has 1 aliphatic carbocycles. The van der Waals surface area contributed by atoms with E-state index in [1.54, 1.807) is 0 Å². The van der Waals surface area contributed by atoms with Crippen LogP contribution in [-0.4, -0.2) is 17.1 Å². The summed E-state index contributed by atoms with van der Waals surface area (Å²) < 4.78 is 0. The van der Waals surface area contributed by atoms with Crippen molar-refractivity contribution in [2.45, 2.75) is 25.9 Å². The van der Waals surface area contributed by atoms with E-state index in [1.165, 1.54) is 6.08 Å². The van der Waals surface area contributed by atoms with E-state index in [2.05, 4.69) is 19.2 Å². The maximum Gasteiger partial charge on any atom is 0.297 e. The Morgan fingerprint density at radius 1 is 1.60 bits per heavy atom. The third-order valence-electron chi connectivity index (χ3n) is 3.11. The third kappa shape index (κ3) is 1.43. The van der Waals surface area contributed by atoms with Gasteiger partial charge in [-0.3, -0.25) is 15.8 Å². The first-order valence-electron chi connectivity index (χ1n) is 4.96. The lowest BCUT2D eigenvalue weighted by Gasteiger charge is -2.24. The van der Waals surface area contributed by atoms with Crippen molar-refractivity contribution in [3.05, 3.63) is 33.5 Å². The topological polar surface area (TPSA) is 81.2 Å². The van der Waals surface area contributed by atoms with Crippen molar-refractivity contribution in [1.29, 1.82) is 0 Å². The van der Waals surface area contributed by atoms with Gasteiger partial charge in [0.1, 0.15) is 0 Å². The summed E-state index contributed by atoms with van der Waals surface area (Å²) in [7, 11) is 0. The fourth-order valence-electron chi connectivity index (χ4n) is 2.09. The third-order valence-corrected chi connectivity index (χ3v) is 3.11. The van der Waals surface area contributed by atoms with Gasteiger partial charge in [0, 0.05) is 28.7 Å². The summed E-state index contributed by atoms with van der Waals surface area (Å²) in [5.41, 5.74) is 6.26. The van der Waals surface area contributed by atoms with E-state index in [-0.39, 0.29) is 11.8 Å². The van der Waals surface area contributed by atoms with E-state index < -0.39 is 10.6 Å². The summed E-state index contributed by atoms with van der Waals surface area (Å²) in [6, 6.07) is 0. The average molecular weight is 209 g/mol. The van der Waals surface area contributed by atoms with Gasteiger partial charge in [0.15, 0.2) is 0 Å². The Morgan fingerprint density at radius 3 is 2.87 bits per heavy atom. The molecule has 2 rings (SSSR count). The second-order valence-corrected chi connectivity index (χ2v) is 4.87. The number of allylic oxidation sites excluding steroid dienone is 1. The van der Waals surface area contributed by atoms with Gasteiger partial charge in [0.25, 0.3) is 5.66 Å². The highest BCUT2D eigenvalue weighted by molar-refractivity contribution is 5.43. The zero-order valence-corrected chi connectivity index (χ0v) is 8.91. The van der Waals surface area contributed by atoms with E-state index in [9.17, 15) is 10.1 Å². The molecule has 5 heteroatoms. The Labute approximate surface area is 88.2 Å². The predicted molar refractivity (Wildman–Crippen MR) is 56.5 cm³/mol. The Kier molecular flexibility index (Phi) is 1.91. The van der Waals surface area contributed by atoms with Crippen molar-refractivity contribution in [2.24, 2.45) is 11.1 Å². The molecular formula is C10H15N3O2. The molecular weight excluding hydrogens is 194 g/mol. The molecule has 1 aliphatic heterocycles. The molecule has 0 saturated carbocycles. The zero-order chi connectivity index (χ0) is 11.3. The summed E-state index contributed by atoms with van der Waals surface area (Å²) in [6.07, 6.45) is 3.69. The fraction of sp³-hybridized carbons (Fsp3) is 0.600. The van der Waals surface area contributed by atoms with Crippen molar-refractivity contribution in [2.75, 3.05) is 6.54 Å². The first-order valence-corrected chi connectivity index (χ1v) is 4.96. The molecule has 5 nitrogen and oxygen atoms in total. The highest BCUT2D eigenvalue weighted by atomic mass is 16.6. The van der Waals surface area contributed by atoms with Gasteiger partial charge in [-0.15, -0.1) is 0 Å². The molecule has 0 aromatic heterocycles. The molecule has 15 heavy (non-hydrogen) atoms. The van der Waals surface area contributed by atoms with Crippen LogP contribution >= 0.6 is 0 Å². The van der Waals surface area contributed by atoms with Crippen LogP contribution in [0.4, 0.5) is 0 Å². The molecule has 1 heterocycles. The molecule has 1 saturated heterocycles. The lowest BCUT2D eigenvalue weighted by atomic mass is 9.82. The first kappa shape index (κ1) is 10.2. The van der Waals surface area contributed by atoms with Gasteiger partial charge < -0.3 is 5.32 Å². The molecule has 82 valence electrons. The van der Waals surface area contributed by atoms with Gasteiger partial charge >= 0.3 is 0 Å². The highest BCUT2D eigenvalue weighted by Crippen LogP contribution is 2.40. The van der Waals surface area contributed by atoms with Crippen LogP contribution in [0.3, 0.4) is 0 Å². The molecule has 0 bridgehead atoms. The first-order chi connectivity index (χ1) is 6.85. The summed E-state index contributed by atoms with van der Waals surface area (Å²) in [4.78, 5) is 10.4. The van der Waals surface area contributed by atoms with Gasteiger partial charge in [-0.05, 0) is 5.57 Å². The fourth-order valence-corrected chi connectivity index (χ4v) is 2.09. The maximum atomic E-state index is 10.8. The molecule has 1 fully saturated rings. The van der Waals surface area contributed by atoms with Crippen molar-refractivity contribution in [3.8, 4) is 0 Å². The molecule has 0 radical (unpaired) electrons. The van der Waals surface area contributed by atoms with Crippen molar-refractivity contribution in [3.63, 3.8) is 0 Å². The molecule has 0 spiro atoms. The standard InChI is InChI=1S/C10H15N3O2/c1-9(2)6-12-8-5-10(11,13(14)15)4-3-7(8)9/h3,5,12H,4,6,11H2,1-2H3. The Morgan fingerprint density at radius 2 is 2.27 bits per heavy atom. The molecule has 0 aromatic carbocycles. The summed E-state index contributed by atoms with van der Waals surface area (Å²) in [5.74, 6) is 0. The lowest BCUT2D eigenvalue weighted by Crippen LogP contribution is -2.47. The summed E-state index contributed by atoms with van der Waals surface area (Å²) in [6.45, 7) is 5.03. The van der Waals surface area contributed by atoms with E-state index in [4.69, 9.17) is 5.73 Å². The number of hydrogen-bond acceptors (Lipinski definition) is 4. The quantitative estimate of drug-likeness (QED) is 0.379. The van der Waals surface area contributed by atoms with Crippen LogP contribution in [0.5, 0.6) is 0 Å². The summed E-state index contributed by atoms with van der Waals surface area (Å²) in [5, 5.41) is 14.0. The van der Waals surface area contributed by atoms with Gasteiger partial charge in [-0.1, -0.05) is 19.9 Å².